The normalized spacial score (nSPS) is 12.6. The molecule has 1 unspecified atom stereocenters. The number of rotatable bonds is 7. The van der Waals surface area contributed by atoms with Crippen LogP contribution in [0.5, 0.6) is 0 Å². The van der Waals surface area contributed by atoms with Crippen molar-refractivity contribution in [1.82, 2.24) is 10.6 Å². The minimum absolute atomic E-state index is 0.105. The molecule has 1 atom stereocenters. The standard InChI is InChI=1S/C16H26N2O4S/c1-11(9-18-15(20)22-16(2,3)4)17-10-13-7-6-12(23-13)8-14(19)21-5/h6-7,11,17H,8-10H2,1-5H3,(H,18,20). The van der Waals surface area contributed by atoms with Gasteiger partial charge in [-0.15, -0.1) is 11.3 Å². The molecule has 23 heavy (non-hydrogen) atoms. The van der Waals surface area contributed by atoms with Crippen LogP contribution < -0.4 is 10.6 Å². The van der Waals surface area contributed by atoms with Crippen molar-refractivity contribution in [3.63, 3.8) is 0 Å². The molecule has 1 aromatic rings. The number of hydrogen-bond donors (Lipinski definition) is 2. The lowest BCUT2D eigenvalue weighted by Gasteiger charge is -2.21. The summed E-state index contributed by atoms with van der Waals surface area (Å²) < 4.78 is 9.83. The molecule has 1 aromatic heterocycles. The molecule has 0 saturated heterocycles. The molecule has 0 fully saturated rings. The molecule has 0 saturated carbocycles. The maximum atomic E-state index is 11.6. The van der Waals surface area contributed by atoms with Gasteiger partial charge in [0.2, 0.25) is 0 Å². The summed E-state index contributed by atoms with van der Waals surface area (Å²) in [6, 6.07) is 4.03. The maximum Gasteiger partial charge on any atom is 0.407 e. The van der Waals surface area contributed by atoms with Gasteiger partial charge in [0.15, 0.2) is 0 Å². The van der Waals surface area contributed by atoms with Gasteiger partial charge in [0, 0.05) is 28.9 Å². The third-order valence-corrected chi connectivity index (χ3v) is 3.92. The first kappa shape index (κ1) is 19.4. The van der Waals surface area contributed by atoms with Crippen LogP contribution in [0.15, 0.2) is 12.1 Å². The quantitative estimate of drug-likeness (QED) is 0.745. The van der Waals surface area contributed by atoms with Gasteiger partial charge < -0.3 is 20.1 Å². The molecule has 0 spiro atoms. The summed E-state index contributed by atoms with van der Waals surface area (Å²) in [7, 11) is 1.39. The van der Waals surface area contributed by atoms with Crippen LogP contribution in [0.25, 0.3) is 0 Å². The first-order chi connectivity index (χ1) is 10.7. The van der Waals surface area contributed by atoms with E-state index in [4.69, 9.17) is 4.74 Å². The molecule has 1 amide bonds. The molecule has 0 aliphatic rings. The number of alkyl carbamates (subject to hydrolysis) is 1. The fourth-order valence-electron chi connectivity index (χ4n) is 1.72. The molecule has 1 heterocycles. The van der Waals surface area contributed by atoms with Gasteiger partial charge in [0.1, 0.15) is 5.60 Å². The second kappa shape index (κ2) is 8.88. The van der Waals surface area contributed by atoms with Crippen LogP contribution in [0.3, 0.4) is 0 Å². The number of nitrogens with one attached hydrogen (secondary N) is 2. The first-order valence-corrected chi connectivity index (χ1v) is 8.36. The fourth-order valence-corrected chi connectivity index (χ4v) is 2.68. The molecule has 0 aromatic carbocycles. The summed E-state index contributed by atoms with van der Waals surface area (Å²) in [4.78, 5) is 24.9. The summed E-state index contributed by atoms with van der Waals surface area (Å²) in [5.41, 5.74) is -0.492. The van der Waals surface area contributed by atoms with Crippen molar-refractivity contribution in [2.75, 3.05) is 13.7 Å². The van der Waals surface area contributed by atoms with E-state index in [1.807, 2.05) is 39.8 Å². The summed E-state index contributed by atoms with van der Waals surface area (Å²) >= 11 is 1.58. The van der Waals surface area contributed by atoms with Crippen molar-refractivity contribution in [3.05, 3.63) is 21.9 Å². The molecule has 7 heteroatoms. The van der Waals surface area contributed by atoms with Crippen LogP contribution in [0.4, 0.5) is 4.79 Å². The lowest BCUT2D eigenvalue weighted by atomic mass is 10.2. The third kappa shape index (κ3) is 8.56. The molecule has 2 N–H and O–H groups in total. The number of amides is 1. The Kier molecular flexibility index (Phi) is 7.51. The Morgan fingerprint density at radius 3 is 2.52 bits per heavy atom. The van der Waals surface area contributed by atoms with E-state index >= 15 is 0 Å². The molecule has 6 nitrogen and oxygen atoms in total. The van der Waals surface area contributed by atoms with E-state index in [-0.39, 0.29) is 12.0 Å². The Bertz CT molecular complexity index is 522. The molecular weight excluding hydrogens is 316 g/mol. The van der Waals surface area contributed by atoms with Crippen molar-refractivity contribution >= 4 is 23.4 Å². The first-order valence-electron chi connectivity index (χ1n) is 7.54. The average molecular weight is 342 g/mol. The molecule has 0 bridgehead atoms. The Labute approximate surface area is 141 Å². The van der Waals surface area contributed by atoms with Crippen LogP contribution in [0, 0.1) is 0 Å². The summed E-state index contributed by atoms with van der Waals surface area (Å²) in [5.74, 6) is -0.235. The van der Waals surface area contributed by atoms with E-state index < -0.39 is 11.7 Å². The maximum absolute atomic E-state index is 11.6. The van der Waals surface area contributed by atoms with Gasteiger partial charge in [0.05, 0.1) is 13.5 Å². The summed E-state index contributed by atoms with van der Waals surface area (Å²) in [5, 5.41) is 6.05. The van der Waals surface area contributed by atoms with Gasteiger partial charge in [-0.3, -0.25) is 4.79 Å². The van der Waals surface area contributed by atoms with E-state index in [0.29, 0.717) is 19.5 Å². The zero-order valence-electron chi connectivity index (χ0n) is 14.4. The van der Waals surface area contributed by atoms with Gasteiger partial charge in [0.25, 0.3) is 0 Å². The van der Waals surface area contributed by atoms with E-state index in [9.17, 15) is 9.59 Å². The van der Waals surface area contributed by atoms with Crippen molar-refractivity contribution in [3.8, 4) is 0 Å². The Morgan fingerprint density at radius 1 is 1.26 bits per heavy atom. The number of esters is 1. The number of carbonyl (C=O) groups excluding carboxylic acids is 2. The van der Waals surface area contributed by atoms with E-state index in [1.54, 1.807) is 11.3 Å². The summed E-state index contributed by atoms with van der Waals surface area (Å²) in [6.45, 7) is 8.64. The van der Waals surface area contributed by atoms with Gasteiger partial charge in [-0.2, -0.15) is 0 Å². The molecule has 130 valence electrons. The largest absolute Gasteiger partial charge is 0.469 e. The smallest absolute Gasteiger partial charge is 0.407 e. The Morgan fingerprint density at radius 2 is 1.91 bits per heavy atom. The van der Waals surface area contributed by atoms with Crippen LogP contribution in [0.1, 0.15) is 37.4 Å². The van der Waals surface area contributed by atoms with Crippen molar-refractivity contribution in [2.24, 2.45) is 0 Å². The second-order valence-corrected chi connectivity index (χ2v) is 7.54. The number of carbonyl (C=O) groups is 2. The third-order valence-electron chi connectivity index (χ3n) is 2.84. The number of ether oxygens (including phenoxy) is 2. The number of hydrogen-bond acceptors (Lipinski definition) is 6. The fraction of sp³-hybridized carbons (Fsp3) is 0.625. The minimum Gasteiger partial charge on any atom is -0.469 e. The number of thiophene rings is 1. The monoisotopic (exact) mass is 342 g/mol. The summed E-state index contributed by atoms with van der Waals surface area (Å²) in [6.07, 6.45) is -0.112. The van der Waals surface area contributed by atoms with Crippen molar-refractivity contribution < 1.29 is 19.1 Å². The van der Waals surface area contributed by atoms with Gasteiger partial charge in [-0.25, -0.2) is 4.79 Å². The Balaban J connectivity index is 2.29. The number of methoxy groups -OCH3 is 1. The lowest BCUT2D eigenvalue weighted by Crippen LogP contribution is -2.40. The molecular formula is C16H26N2O4S. The molecule has 1 rings (SSSR count). The molecule has 0 aliphatic carbocycles. The van der Waals surface area contributed by atoms with E-state index in [1.165, 1.54) is 7.11 Å². The minimum atomic E-state index is -0.492. The van der Waals surface area contributed by atoms with E-state index in [2.05, 4.69) is 15.4 Å². The average Bonchev–Trinajstić information content (AvgIpc) is 2.88. The highest BCUT2D eigenvalue weighted by Gasteiger charge is 2.16. The van der Waals surface area contributed by atoms with Crippen molar-refractivity contribution in [2.45, 2.75) is 52.3 Å². The van der Waals surface area contributed by atoms with Crippen LogP contribution in [-0.4, -0.2) is 37.4 Å². The zero-order chi connectivity index (χ0) is 17.5. The molecule has 0 aliphatic heterocycles. The Hall–Kier alpha value is -1.60. The van der Waals surface area contributed by atoms with Gasteiger partial charge in [-0.05, 0) is 39.8 Å². The van der Waals surface area contributed by atoms with Crippen LogP contribution >= 0.6 is 11.3 Å². The van der Waals surface area contributed by atoms with Crippen LogP contribution in [0.2, 0.25) is 0 Å². The van der Waals surface area contributed by atoms with Crippen LogP contribution in [-0.2, 0) is 27.2 Å². The predicted molar refractivity (Wildman–Crippen MR) is 90.6 cm³/mol. The SMILES string of the molecule is COC(=O)Cc1ccc(CNC(C)CNC(=O)OC(C)(C)C)s1. The van der Waals surface area contributed by atoms with E-state index in [0.717, 1.165) is 9.75 Å². The second-order valence-electron chi connectivity index (χ2n) is 6.29. The van der Waals surface area contributed by atoms with Gasteiger partial charge >= 0.3 is 12.1 Å². The highest BCUT2D eigenvalue weighted by atomic mass is 32.1. The van der Waals surface area contributed by atoms with Gasteiger partial charge in [-0.1, -0.05) is 0 Å². The molecule has 0 radical (unpaired) electrons. The topological polar surface area (TPSA) is 76.7 Å². The predicted octanol–water partition coefficient (Wildman–Crippen LogP) is 2.47. The van der Waals surface area contributed by atoms with Crippen molar-refractivity contribution in [1.29, 1.82) is 0 Å². The lowest BCUT2D eigenvalue weighted by molar-refractivity contribution is -0.139. The zero-order valence-corrected chi connectivity index (χ0v) is 15.2. The highest BCUT2D eigenvalue weighted by Crippen LogP contribution is 2.17. The highest BCUT2D eigenvalue weighted by molar-refractivity contribution is 7.12.